The number of rotatable bonds is 5. The van der Waals surface area contributed by atoms with E-state index in [9.17, 15) is 4.79 Å². The van der Waals surface area contributed by atoms with E-state index >= 15 is 0 Å². The highest BCUT2D eigenvalue weighted by atomic mass is 16.7. The van der Waals surface area contributed by atoms with Gasteiger partial charge in [-0.25, -0.2) is 4.79 Å². The van der Waals surface area contributed by atoms with Gasteiger partial charge in [0.25, 0.3) is 0 Å². The first-order valence-corrected chi connectivity index (χ1v) is 2.71. The van der Waals surface area contributed by atoms with Gasteiger partial charge in [-0.05, 0) is 5.92 Å². The van der Waals surface area contributed by atoms with Crippen molar-refractivity contribution in [2.24, 2.45) is 5.92 Å². The summed E-state index contributed by atoms with van der Waals surface area (Å²) in [5.41, 5.74) is 0. The number of hydrogen-bond donors (Lipinski definition) is 0. The van der Waals surface area contributed by atoms with E-state index in [1.807, 2.05) is 13.8 Å². The predicted octanol–water partition coefficient (Wildman–Crippen LogP) is 0.862. The van der Waals surface area contributed by atoms with Gasteiger partial charge in [-0.15, -0.1) is 0 Å². The molecule has 52 valence electrons. The van der Waals surface area contributed by atoms with Gasteiger partial charge in [0, 0.05) is 0 Å². The maximum absolute atomic E-state index is 9.41. The molecule has 0 aromatic heterocycles. The van der Waals surface area contributed by atoms with Crippen LogP contribution in [0.15, 0.2) is 0 Å². The average Bonchev–Trinajstić information content (AvgIpc) is 1.80. The minimum Gasteiger partial charge on any atom is -0.430 e. The monoisotopic (exact) mass is 130 g/mol. The quantitative estimate of drug-likeness (QED) is 0.409. The van der Waals surface area contributed by atoms with Crippen LogP contribution in [0.5, 0.6) is 0 Å². The molecule has 0 unspecified atom stereocenters. The predicted molar refractivity (Wildman–Crippen MR) is 31.9 cm³/mol. The molecule has 0 spiro atoms. The van der Waals surface area contributed by atoms with Gasteiger partial charge in [-0.3, -0.25) is 0 Å². The van der Waals surface area contributed by atoms with Crippen LogP contribution < -0.4 is 0 Å². The van der Waals surface area contributed by atoms with Crippen LogP contribution in [0.25, 0.3) is 0 Å². The van der Waals surface area contributed by atoms with Crippen molar-refractivity contribution in [3.05, 3.63) is 6.61 Å². The molecule has 0 amide bonds. The summed E-state index contributed by atoms with van der Waals surface area (Å²) in [5, 5.41) is 0. The number of carbonyl (C=O) groups excluding carboxylic acids is 1. The van der Waals surface area contributed by atoms with Crippen molar-refractivity contribution in [2.45, 2.75) is 13.8 Å². The van der Waals surface area contributed by atoms with Gasteiger partial charge in [0.2, 0.25) is 0 Å². The molecule has 0 aliphatic rings. The average molecular weight is 130 g/mol. The Morgan fingerprint density at radius 3 is 2.78 bits per heavy atom. The molecule has 0 aliphatic heterocycles. The zero-order valence-electron chi connectivity index (χ0n) is 5.59. The summed E-state index contributed by atoms with van der Waals surface area (Å²) in [4.78, 5) is 9.41. The highest BCUT2D eigenvalue weighted by Crippen LogP contribution is 1.97. The minimum absolute atomic E-state index is 0.0400. The Kier molecular flexibility index (Phi) is 5.21. The topological polar surface area (TPSA) is 35.5 Å². The summed E-state index contributed by atoms with van der Waals surface area (Å²) in [5.74, 6) is 0.347. The molecular weight excluding hydrogens is 120 g/mol. The van der Waals surface area contributed by atoms with Crippen LogP contribution in [0.1, 0.15) is 13.8 Å². The Bertz CT molecular complexity index is 70.7. The number of hydrogen-bond acceptors (Lipinski definition) is 3. The summed E-state index contributed by atoms with van der Waals surface area (Å²) in [6.45, 7) is 6.73. The third kappa shape index (κ3) is 7.43. The van der Waals surface area contributed by atoms with Crippen LogP contribution in [0.2, 0.25) is 0 Å². The van der Waals surface area contributed by atoms with Crippen molar-refractivity contribution in [1.29, 1.82) is 0 Å². The third-order valence-electron chi connectivity index (χ3n) is 0.554. The van der Waals surface area contributed by atoms with Crippen LogP contribution in [-0.4, -0.2) is 13.3 Å². The fourth-order valence-corrected chi connectivity index (χ4v) is 0.290. The van der Waals surface area contributed by atoms with Crippen molar-refractivity contribution in [3.8, 4) is 0 Å². The first-order valence-electron chi connectivity index (χ1n) is 2.71. The SMILES string of the molecule is CC(C)[CH]OCO[C]=O. The highest BCUT2D eigenvalue weighted by molar-refractivity contribution is 5.37. The molecule has 0 N–H and O–H groups in total. The molecule has 0 aliphatic carbocycles. The van der Waals surface area contributed by atoms with Gasteiger partial charge in [0.15, 0.2) is 6.79 Å². The van der Waals surface area contributed by atoms with Gasteiger partial charge in [0.05, 0.1) is 6.61 Å². The molecule has 2 radical (unpaired) electrons. The Morgan fingerprint density at radius 1 is 1.67 bits per heavy atom. The van der Waals surface area contributed by atoms with E-state index in [2.05, 4.69) is 4.74 Å². The van der Waals surface area contributed by atoms with Gasteiger partial charge >= 0.3 is 6.47 Å². The Hall–Kier alpha value is -0.570. The van der Waals surface area contributed by atoms with E-state index < -0.39 is 0 Å². The fourth-order valence-electron chi connectivity index (χ4n) is 0.290. The van der Waals surface area contributed by atoms with E-state index in [4.69, 9.17) is 4.74 Å². The summed E-state index contributed by atoms with van der Waals surface area (Å²) < 4.78 is 8.85. The zero-order chi connectivity index (χ0) is 7.11. The second-order valence-electron chi connectivity index (χ2n) is 1.89. The van der Waals surface area contributed by atoms with Crippen molar-refractivity contribution < 1.29 is 14.3 Å². The minimum atomic E-state index is -0.0400. The molecule has 0 heterocycles. The van der Waals surface area contributed by atoms with Crippen LogP contribution in [0.4, 0.5) is 0 Å². The van der Waals surface area contributed by atoms with Gasteiger partial charge < -0.3 is 9.47 Å². The molecule has 0 aromatic carbocycles. The lowest BCUT2D eigenvalue weighted by atomic mass is 10.2. The van der Waals surface area contributed by atoms with E-state index in [0.717, 1.165) is 0 Å². The van der Waals surface area contributed by atoms with Crippen LogP contribution >= 0.6 is 0 Å². The fraction of sp³-hybridized carbons (Fsp3) is 0.667. The Labute approximate surface area is 55.0 Å². The van der Waals surface area contributed by atoms with Crippen molar-refractivity contribution in [1.82, 2.24) is 0 Å². The Balaban J connectivity index is 2.82. The molecule has 9 heavy (non-hydrogen) atoms. The Morgan fingerprint density at radius 2 is 2.33 bits per heavy atom. The van der Waals surface area contributed by atoms with Gasteiger partial charge in [0.1, 0.15) is 0 Å². The second kappa shape index (κ2) is 5.56. The smallest absolute Gasteiger partial charge is 0.419 e. The van der Waals surface area contributed by atoms with Gasteiger partial charge in [-0.2, -0.15) is 0 Å². The maximum atomic E-state index is 9.41. The van der Waals surface area contributed by atoms with Crippen molar-refractivity contribution in [2.75, 3.05) is 6.79 Å². The molecule has 0 atom stereocenters. The normalized spacial score (nSPS) is 9.67. The van der Waals surface area contributed by atoms with Crippen LogP contribution in [0.3, 0.4) is 0 Å². The molecule has 0 bridgehead atoms. The van der Waals surface area contributed by atoms with E-state index in [-0.39, 0.29) is 6.79 Å². The molecular formula is C6H10O3. The van der Waals surface area contributed by atoms with Crippen LogP contribution in [0, 0.1) is 12.5 Å². The summed E-state index contributed by atoms with van der Waals surface area (Å²) in [6.07, 6.45) is 0. The first-order chi connectivity index (χ1) is 4.27. The summed E-state index contributed by atoms with van der Waals surface area (Å²) >= 11 is 0. The highest BCUT2D eigenvalue weighted by Gasteiger charge is 1.92. The molecule has 0 aromatic rings. The van der Waals surface area contributed by atoms with E-state index in [1.165, 1.54) is 6.47 Å². The lowest BCUT2D eigenvalue weighted by Gasteiger charge is -2.02. The van der Waals surface area contributed by atoms with E-state index in [1.54, 1.807) is 6.61 Å². The molecule has 3 nitrogen and oxygen atoms in total. The summed E-state index contributed by atoms with van der Waals surface area (Å²) in [7, 11) is 0. The zero-order valence-corrected chi connectivity index (χ0v) is 5.59. The largest absolute Gasteiger partial charge is 0.430 e. The lowest BCUT2D eigenvalue weighted by Crippen LogP contribution is -1.99. The van der Waals surface area contributed by atoms with Gasteiger partial charge in [-0.1, -0.05) is 13.8 Å². The van der Waals surface area contributed by atoms with Crippen molar-refractivity contribution >= 4 is 6.47 Å². The molecule has 0 rings (SSSR count). The first kappa shape index (κ1) is 8.43. The molecule has 0 saturated heterocycles. The molecule has 3 heteroatoms. The molecule has 0 saturated carbocycles. The lowest BCUT2D eigenvalue weighted by molar-refractivity contribution is 0.0316. The maximum Gasteiger partial charge on any atom is 0.419 e. The van der Waals surface area contributed by atoms with Crippen LogP contribution in [-0.2, 0) is 14.3 Å². The van der Waals surface area contributed by atoms with Crippen molar-refractivity contribution in [3.63, 3.8) is 0 Å². The second-order valence-corrected chi connectivity index (χ2v) is 1.89. The standard InChI is InChI=1S/C6H10O3/c1-6(2)3-8-5-9-4-7/h3,6H,5H2,1-2H3. The third-order valence-corrected chi connectivity index (χ3v) is 0.554. The molecule has 0 fully saturated rings. The van der Waals surface area contributed by atoms with E-state index in [0.29, 0.717) is 5.92 Å². The summed E-state index contributed by atoms with van der Waals surface area (Å²) in [6, 6.07) is 0. The number of ether oxygens (including phenoxy) is 2.